The van der Waals surface area contributed by atoms with Crippen LogP contribution in [0.2, 0.25) is 0 Å². The maximum absolute atomic E-state index is 11.7. The number of carboxylic acid groups (broad SMARTS) is 1. The van der Waals surface area contributed by atoms with Gasteiger partial charge in [0.15, 0.2) is 0 Å². The second kappa shape index (κ2) is 8.66. The molecule has 0 aromatic heterocycles. The predicted molar refractivity (Wildman–Crippen MR) is 93.8 cm³/mol. The molecule has 0 unspecified atom stereocenters. The molecule has 1 heterocycles. The van der Waals surface area contributed by atoms with Crippen LogP contribution < -0.4 is 9.97 Å². The van der Waals surface area contributed by atoms with Gasteiger partial charge in [-0.25, -0.2) is 4.79 Å². The third-order valence-electron chi connectivity index (χ3n) is 3.41. The zero-order valence-corrected chi connectivity index (χ0v) is 14.7. The van der Waals surface area contributed by atoms with E-state index in [1.165, 1.54) is 23.5 Å². The molecule has 1 aromatic rings. The van der Waals surface area contributed by atoms with E-state index in [1.807, 2.05) is 0 Å². The van der Waals surface area contributed by atoms with E-state index in [1.54, 1.807) is 18.4 Å². The van der Waals surface area contributed by atoms with Crippen molar-refractivity contribution in [3.63, 3.8) is 0 Å². The molecule has 1 amide bonds. The molecule has 2 rings (SSSR count). The van der Waals surface area contributed by atoms with Gasteiger partial charge in [0.1, 0.15) is 11.3 Å². The van der Waals surface area contributed by atoms with E-state index in [0.717, 1.165) is 0 Å². The van der Waals surface area contributed by atoms with E-state index in [-0.39, 0.29) is 36.0 Å². The Labute approximate surface area is 148 Å². The summed E-state index contributed by atoms with van der Waals surface area (Å²) in [7, 11) is -1.32. The highest BCUT2D eigenvalue weighted by Crippen LogP contribution is 2.36. The van der Waals surface area contributed by atoms with Gasteiger partial charge in [-0.2, -0.15) is 11.8 Å². The first-order valence-corrected chi connectivity index (χ1v) is 9.61. The Morgan fingerprint density at radius 2 is 2.21 bits per heavy atom. The van der Waals surface area contributed by atoms with Gasteiger partial charge in [-0.1, -0.05) is 6.07 Å². The lowest BCUT2D eigenvalue weighted by Gasteiger charge is -2.29. The summed E-state index contributed by atoms with van der Waals surface area (Å²) in [6.07, 6.45) is 2.08. The van der Waals surface area contributed by atoms with E-state index in [2.05, 4.69) is 5.32 Å². The maximum Gasteiger partial charge on any atom is 0.547 e. The monoisotopic (exact) mass is 371 g/mol. The summed E-state index contributed by atoms with van der Waals surface area (Å²) in [5.41, 5.74) is 0.583. The number of fused-ring (bicyclic) bond motifs is 1. The third kappa shape index (κ3) is 4.38. The molecule has 0 bridgehead atoms. The van der Waals surface area contributed by atoms with Gasteiger partial charge < -0.3 is 25.2 Å². The quantitative estimate of drug-likeness (QED) is 0.399. The van der Waals surface area contributed by atoms with Crippen LogP contribution in [0.1, 0.15) is 15.9 Å². The van der Waals surface area contributed by atoms with Crippen molar-refractivity contribution in [2.45, 2.75) is 17.3 Å². The summed E-state index contributed by atoms with van der Waals surface area (Å²) in [4.78, 5) is 23.8. The number of amides is 1. The molecule has 0 saturated heterocycles. The zero-order chi connectivity index (χ0) is 17.7. The average molecular weight is 371 g/mol. The Balaban J connectivity index is 2.27. The number of carbonyl (C=O) groups excluding carboxylic acids is 1. The van der Waals surface area contributed by atoms with Gasteiger partial charge in [0, 0.05) is 10.6 Å². The minimum atomic E-state index is -1.32. The first kappa shape index (κ1) is 19.0. The second-order valence-electron chi connectivity index (χ2n) is 5.12. The van der Waals surface area contributed by atoms with Gasteiger partial charge in [0.05, 0.1) is 18.3 Å². The summed E-state index contributed by atoms with van der Waals surface area (Å²) in [5.74, 6) is -1.26. The number of carboxylic acids is 1. The topological polar surface area (TPSA) is 116 Å². The Morgan fingerprint density at radius 3 is 2.83 bits per heavy atom. The van der Waals surface area contributed by atoms with Crippen LogP contribution in [0.3, 0.4) is 0 Å². The van der Waals surface area contributed by atoms with E-state index in [4.69, 9.17) is 9.76 Å². The second-order valence-corrected chi connectivity index (χ2v) is 7.13. The number of thioether (sulfide) groups is 2. The molecule has 7 nitrogen and oxygen atoms in total. The normalized spacial score (nSPS) is 16.3. The predicted octanol–water partition coefficient (Wildman–Crippen LogP) is 0.272. The highest BCUT2D eigenvalue weighted by molar-refractivity contribution is 7.99. The summed E-state index contributed by atoms with van der Waals surface area (Å²) >= 11 is 2.57. The molecule has 0 spiro atoms. The zero-order valence-electron chi connectivity index (χ0n) is 13.0. The first-order valence-electron chi connectivity index (χ1n) is 7.23. The molecule has 1 atom stereocenters. The van der Waals surface area contributed by atoms with E-state index >= 15 is 0 Å². The number of benzene rings is 1. The van der Waals surface area contributed by atoms with E-state index in [0.29, 0.717) is 16.2 Å². The van der Waals surface area contributed by atoms with Gasteiger partial charge in [-0.15, -0.1) is 11.8 Å². The molecule has 0 fully saturated rings. The fourth-order valence-corrected chi connectivity index (χ4v) is 3.57. The summed E-state index contributed by atoms with van der Waals surface area (Å²) in [6.45, 7) is -0.0756. The number of nitrogens with one attached hydrogen (secondary N) is 1. The van der Waals surface area contributed by atoms with Gasteiger partial charge in [-0.3, -0.25) is 4.79 Å². The molecule has 130 valence electrons. The van der Waals surface area contributed by atoms with Crippen LogP contribution in [-0.2, 0) is 11.2 Å². The molecule has 1 aliphatic rings. The minimum Gasteiger partial charge on any atom is -0.534 e. The van der Waals surface area contributed by atoms with Crippen LogP contribution in [-0.4, -0.2) is 64.5 Å². The maximum atomic E-state index is 11.7. The van der Waals surface area contributed by atoms with Gasteiger partial charge >= 0.3 is 13.1 Å². The molecule has 0 saturated carbocycles. The molecule has 0 radical (unpaired) electrons. The summed E-state index contributed by atoms with van der Waals surface area (Å²) in [5, 5.41) is 31.2. The molecule has 4 N–H and O–H groups in total. The Bertz CT molecular complexity index is 630. The number of aliphatic hydroxyl groups is 1. The van der Waals surface area contributed by atoms with Gasteiger partial charge in [0.25, 0.3) is 0 Å². The number of carbonyl (C=O) groups is 2. The van der Waals surface area contributed by atoms with Crippen molar-refractivity contribution in [1.29, 1.82) is 0 Å². The molecule has 1 aliphatic heterocycles. The highest BCUT2D eigenvalue weighted by atomic mass is 32.2. The van der Waals surface area contributed by atoms with E-state index in [9.17, 15) is 19.7 Å². The molecule has 10 heteroatoms. The number of aliphatic hydroxyl groups excluding tert-OH is 1. The van der Waals surface area contributed by atoms with Crippen molar-refractivity contribution in [2.24, 2.45) is 0 Å². The molecular formula is C14H18BNO6S2. The van der Waals surface area contributed by atoms with Crippen molar-refractivity contribution in [3.05, 3.63) is 23.3 Å². The average Bonchev–Trinajstić information content (AvgIpc) is 2.53. The molecule has 1 aromatic carbocycles. The fraction of sp³-hybridized carbons (Fsp3) is 0.429. The largest absolute Gasteiger partial charge is 0.547 e. The van der Waals surface area contributed by atoms with Crippen LogP contribution >= 0.6 is 23.5 Å². The number of rotatable bonds is 7. The first-order chi connectivity index (χ1) is 11.5. The van der Waals surface area contributed by atoms with Gasteiger partial charge in [-0.05, 0) is 24.3 Å². The van der Waals surface area contributed by atoms with Crippen molar-refractivity contribution in [2.75, 3.05) is 24.4 Å². The lowest BCUT2D eigenvalue weighted by atomic mass is 9.72. The fourth-order valence-electron chi connectivity index (χ4n) is 2.42. The lowest BCUT2D eigenvalue weighted by molar-refractivity contribution is -0.118. The third-order valence-corrected chi connectivity index (χ3v) is 5.00. The van der Waals surface area contributed by atoms with Crippen LogP contribution in [0.4, 0.5) is 0 Å². The summed E-state index contributed by atoms with van der Waals surface area (Å²) < 4.78 is 5.41. The van der Waals surface area contributed by atoms with Crippen molar-refractivity contribution >= 4 is 42.5 Å². The minimum absolute atomic E-state index is 0.0288. The molecule has 0 aliphatic carbocycles. The van der Waals surface area contributed by atoms with Crippen LogP contribution in [0, 0.1) is 0 Å². The number of aromatic carboxylic acids is 1. The highest BCUT2D eigenvalue weighted by Gasteiger charge is 2.38. The van der Waals surface area contributed by atoms with E-state index < -0.39 is 19.0 Å². The number of hydrogen-bond acceptors (Lipinski definition) is 7. The Hall–Kier alpha value is -1.36. The van der Waals surface area contributed by atoms with Gasteiger partial charge in [0.2, 0.25) is 5.91 Å². The lowest BCUT2D eigenvalue weighted by Crippen LogP contribution is -2.53. The smallest absolute Gasteiger partial charge is 0.534 e. The van der Waals surface area contributed by atoms with Crippen molar-refractivity contribution in [1.82, 2.24) is 5.32 Å². The standard InChI is InChI=1S/C14H18BNO6S2/c1-23-7-11(18)16-10-6-8-2-3-9(24-5-4-17)12(14(19)20)13(8)22-15(10)21/h2-3,10,17,21H,4-7H2,1H3,(H,16,18)(H,19,20)/t10-/m0/s1. The number of hydrogen-bond donors (Lipinski definition) is 4. The van der Waals surface area contributed by atoms with Crippen LogP contribution in [0.25, 0.3) is 0 Å². The Morgan fingerprint density at radius 1 is 1.46 bits per heavy atom. The van der Waals surface area contributed by atoms with Crippen LogP contribution in [0.15, 0.2) is 17.0 Å². The molecular weight excluding hydrogens is 353 g/mol. The SMILES string of the molecule is CSCC(=O)N[C@H]1Cc2ccc(SCCO)c(C(=O)O)c2OB1O. The Kier molecular flexibility index (Phi) is 6.84. The molecule has 24 heavy (non-hydrogen) atoms. The van der Waals surface area contributed by atoms with Crippen molar-refractivity contribution in [3.8, 4) is 5.75 Å². The summed E-state index contributed by atoms with van der Waals surface area (Å²) in [6, 6.07) is 3.38. The van der Waals surface area contributed by atoms with Crippen molar-refractivity contribution < 1.29 is 29.5 Å². The van der Waals surface area contributed by atoms with Crippen LogP contribution in [0.5, 0.6) is 5.75 Å².